The molecule has 2 aromatic rings. The van der Waals surface area contributed by atoms with Crippen LogP contribution in [0.2, 0.25) is 0 Å². The van der Waals surface area contributed by atoms with Crippen LogP contribution in [-0.4, -0.2) is 21.6 Å². The van der Waals surface area contributed by atoms with Crippen LogP contribution >= 0.6 is 0 Å². The monoisotopic (exact) mass is 320 g/mol. The number of methoxy groups -OCH3 is 1. The minimum atomic E-state index is -3.75. The molecule has 22 heavy (non-hydrogen) atoms. The molecule has 2 aromatic carbocycles. The summed E-state index contributed by atoms with van der Waals surface area (Å²) >= 11 is 0. The average Bonchev–Trinajstić information content (AvgIpc) is 2.47. The standard InChI is InChI=1S/C15H16N2O4S/c1-21-14-9-7-13(8-10-14)16-15(18)17-22(19,20)11-12-5-3-2-4-6-12/h2-10H,11H2,1H3,(H2,16,17,18). The molecule has 0 aliphatic rings. The highest BCUT2D eigenvalue weighted by Crippen LogP contribution is 2.14. The average molecular weight is 320 g/mol. The van der Waals surface area contributed by atoms with Crippen LogP contribution in [0.3, 0.4) is 0 Å². The van der Waals surface area contributed by atoms with Crippen molar-refractivity contribution in [3.05, 3.63) is 60.2 Å². The highest BCUT2D eigenvalue weighted by molar-refractivity contribution is 7.89. The van der Waals surface area contributed by atoms with Gasteiger partial charge in [-0.25, -0.2) is 17.9 Å². The molecule has 116 valence electrons. The van der Waals surface area contributed by atoms with Gasteiger partial charge in [-0.15, -0.1) is 0 Å². The molecule has 2 N–H and O–H groups in total. The number of sulfonamides is 1. The largest absolute Gasteiger partial charge is 0.497 e. The minimum Gasteiger partial charge on any atom is -0.497 e. The molecule has 0 atom stereocenters. The lowest BCUT2D eigenvalue weighted by Crippen LogP contribution is -2.35. The van der Waals surface area contributed by atoms with Crippen LogP contribution in [0.15, 0.2) is 54.6 Å². The van der Waals surface area contributed by atoms with Crippen LogP contribution in [0.25, 0.3) is 0 Å². The molecule has 0 saturated heterocycles. The Kier molecular flexibility index (Phi) is 5.00. The molecule has 0 saturated carbocycles. The van der Waals surface area contributed by atoms with Crippen molar-refractivity contribution >= 4 is 21.7 Å². The van der Waals surface area contributed by atoms with Crippen molar-refractivity contribution < 1.29 is 17.9 Å². The smallest absolute Gasteiger partial charge is 0.332 e. The number of carbonyl (C=O) groups excluding carboxylic acids is 1. The Morgan fingerprint density at radius 3 is 2.27 bits per heavy atom. The number of hydrogen-bond acceptors (Lipinski definition) is 4. The summed E-state index contributed by atoms with van der Waals surface area (Å²) in [5.41, 5.74) is 1.07. The lowest BCUT2D eigenvalue weighted by molar-refractivity contribution is 0.256. The summed E-state index contributed by atoms with van der Waals surface area (Å²) in [7, 11) is -2.22. The Morgan fingerprint density at radius 1 is 1.05 bits per heavy atom. The van der Waals surface area contributed by atoms with Crippen molar-refractivity contribution in [1.82, 2.24) is 4.72 Å². The fraction of sp³-hybridized carbons (Fsp3) is 0.133. The van der Waals surface area contributed by atoms with E-state index in [-0.39, 0.29) is 5.75 Å². The van der Waals surface area contributed by atoms with E-state index in [1.807, 2.05) is 4.72 Å². The normalized spacial score (nSPS) is 10.8. The van der Waals surface area contributed by atoms with E-state index in [0.717, 1.165) is 0 Å². The second-order valence-corrected chi connectivity index (χ2v) is 6.25. The Labute approximate surface area is 129 Å². The highest BCUT2D eigenvalue weighted by atomic mass is 32.2. The molecule has 7 heteroatoms. The summed E-state index contributed by atoms with van der Waals surface area (Å²) in [4.78, 5) is 11.7. The van der Waals surface area contributed by atoms with E-state index in [1.165, 1.54) is 7.11 Å². The van der Waals surface area contributed by atoms with E-state index in [9.17, 15) is 13.2 Å². The van der Waals surface area contributed by atoms with Crippen molar-refractivity contribution in [3.8, 4) is 5.75 Å². The van der Waals surface area contributed by atoms with Gasteiger partial charge in [-0.1, -0.05) is 30.3 Å². The van der Waals surface area contributed by atoms with E-state index in [0.29, 0.717) is 17.0 Å². The van der Waals surface area contributed by atoms with Crippen LogP contribution in [-0.2, 0) is 15.8 Å². The molecule has 0 spiro atoms. The molecule has 0 aliphatic heterocycles. The molecular weight excluding hydrogens is 304 g/mol. The van der Waals surface area contributed by atoms with Gasteiger partial charge in [0.05, 0.1) is 12.9 Å². The van der Waals surface area contributed by atoms with Crippen LogP contribution < -0.4 is 14.8 Å². The van der Waals surface area contributed by atoms with Gasteiger partial charge in [-0.3, -0.25) is 0 Å². The van der Waals surface area contributed by atoms with E-state index in [2.05, 4.69) is 5.32 Å². The quantitative estimate of drug-likeness (QED) is 0.885. The van der Waals surface area contributed by atoms with Crippen molar-refractivity contribution in [2.24, 2.45) is 0 Å². The molecule has 0 bridgehead atoms. The van der Waals surface area contributed by atoms with Crippen molar-refractivity contribution in [1.29, 1.82) is 0 Å². The number of anilines is 1. The van der Waals surface area contributed by atoms with Crippen molar-refractivity contribution in [2.45, 2.75) is 5.75 Å². The zero-order valence-corrected chi connectivity index (χ0v) is 12.8. The summed E-state index contributed by atoms with van der Waals surface area (Å²) in [6, 6.07) is 14.4. The summed E-state index contributed by atoms with van der Waals surface area (Å²) in [6.45, 7) is 0. The predicted molar refractivity (Wildman–Crippen MR) is 84.2 cm³/mol. The van der Waals surface area contributed by atoms with E-state index in [1.54, 1.807) is 54.6 Å². The maximum Gasteiger partial charge on any atom is 0.332 e. The summed E-state index contributed by atoms with van der Waals surface area (Å²) in [6.07, 6.45) is 0. The van der Waals surface area contributed by atoms with Gasteiger partial charge in [-0.2, -0.15) is 0 Å². The number of ether oxygens (including phenoxy) is 1. The fourth-order valence-corrected chi connectivity index (χ4v) is 2.84. The zero-order valence-electron chi connectivity index (χ0n) is 11.9. The van der Waals surface area contributed by atoms with Gasteiger partial charge in [0.25, 0.3) is 0 Å². The molecule has 0 aliphatic carbocycles. The lowest BCUT2D eigenvalue weighted by atomic mass is 10.2. The second kappa shape index (κ2) is 6.95. The number of carbonyl (C=O) groups is 1. The van der Waals surface area contributed by atoms with E-state index >= 15 is 0 Å². The minimum absolute atomic E-state index is 0.260. The number of amides is 2. The zero-order chi connectivity index (χ0) is 16.0. The first-order chi connectivity index (χ1) is 10.5. The second-order valence-electron chi connectivity index (χ2n) is 4.53. The first kappa shape index (κ1) is 15.8. The Morgan fingerprint density at radius 2 is 1.68 bits per heavy atom. The number of benzene rings is 2. The van der Waals surface area contributed by atoms with Gasteiger partial charge >= 0.3 is 6.03 Å². The molecule has 2 amide bonds. The molecule has 6 nitrogen and oxygen atoms in total. The predicted octanol–water partition coefficient (Wildman–Crippen LogP) is 2.35. The number of nitrogens with one attached hydrogen (secondary N) is 2. The van der Waals surface area contributed by atoms with Crippen molar-refractivity contribution in [2.75, 3.05) is 12.4 Å². The van der Waals surface area contributed by atoms with Gasteiger partial charge in [0.2, 0.25) is 10.0 Å². The van der Waals surface area contributed by atoms with Gasteiger partial charge in [0.1, 0.15) is 5.75 Å². The van der Waals surface area contributed by atoms with E-state index < -0.39 is 16.1 Å². The Hall–Kier alpha value is -2.54. The Bertz CT molecular complexity index is 728. The third kappa shape index (κ3) is 4.78. The van der Waals surface area contributed by atoms with E-state index in [4.69, 9.17) is 4.74 Å². The summed E-state index contributed by atoms with van der Waals surface area (Å²) < 4.78 is 30.8. The fourth-order valence-electron chi connectivity index (χ4n) is 1.80. The van der Waals surface area contributed by atoms with Gasteiger partial charge in [-0.05, 0) is 29.8 Å². The first-order valence-electron chi connectivity index (χ1n) is 6.48. The highest BCUT2D eigenvalue weighted by Gasteiger charge is 2.15. The molecule has 0 unspecified atom stereocenters. The third-order valence-electron chi connectivity index (χ3n) is 2.80. The van der Waals surface area contributed by atoms with Crippen LogP contribution in [0.1, 0.15) is 5.56 Å². The third-order valence-corrected chi connectivity index (χ3v) is 4.01. The first-order valence-corrected chi connectivity index (χ1v) is 8.13. The van der Waals surface area contributed by atoms with Gasteiger partial charge in [0, 0.05) is 5.69 Å². The van der Waals surface area contributed by atoms with Crippen LogP contribution in [0.5, 0.6) is 5.75 Å². The molecular formula is C15H16N2O4S. The maximum atomic E-state index is 11.9. The van der Waals surface area contributed by atoms with Crippen molar-refractivity contribution in [3.63, 3.8) is 0 Å². The molecule has 0 radical (unpaired) electrons. The van der Waals surface area contributed by atoms with Crippen LogP contribution in [0, 0.1) is 0 Å². The lowest BCUT2D eigenvalue weighted by Gasteiger charge is -2.09. The SMILES string of the molecule is COc1ccc(NC(=O)NS(=O)(=O)Cc2ccccc2)cc1. The molecule has 0 fully saturated rings. The topological polar surface area (TPSA) is 84.5 Å². The van der Waals surface area contributed by atoms with Gasteiger partial charge < -0.3 is 10.1 Å². The number of rotatable bonds is 5. The number of urea groups is 1. The molecule has 0 heterocycles. The molecule has 2 rings (SSSR count). The summed E-state index contributed by atoms with van der Waals surface area (Å²) in [5, 5.41) is 2.45. The number of hydrogen-bond donors (Lipinski definition) is 2. The Balaban J connectivity index is 1.95. The summed E-state index contributed by atoms with van der Waals surface area (Å²) in [5.74, 6) is 0.381. The maximum absolute atomic E-state index is 11.9. The molecule has 0 aromatic heterocycles. The van der Waals surface area contributed by atoms with Crippen LogP contribution in [0.4, 0.5) is 10.5 Å². The van der Waals surface area contributed by atoms with Gasteiger partial charge in [0.15, 0.2) is 0 Å².